The minimum Gasteiger partial charge on any atom is -0.440 e. The van der Waals surface area contributed by atoms with E-state index in [0.29, 0.717) is 13.2 Å². The fourth-order valence-corrected chi connectivity index (χ4v) is 1.00. The second-order valence-electron chi connectivity index (χ2n) is 2.86. The van der Waals surface area contributed by atoms with Gasteiger partial charge in [0.15, 0.2) is 6.29 Å². The minimum atomic E-state index is -0.461. The molecule has 0 aromatic carbocycles. The molecule has 2 unspecified atom stereocenters. The fourth-order valence-electron chi connectivity index (χ4n) is 1.00. The number of carbonyl (C=O) groups excluding carboxylic acids is 1. The second-order valence-corrected chi connectivity index (χ2v) is 2.86. The Hall–Kier alpha value is -1.07. The molecule has 1 aliphatic heterocycles. The van der Waals surface area contributed by atoms with Crippen molar-refractivity contribution in [3.63, 3.8) is 0 Å². The topological polar surface area (TPSA) is 56.8 Å². The molecule has 0 bridgehead atoms. The Bertz CT molecular complexity index is 217. The van der Waals surface area contributed by atoms with E-state index in [-0.39, 0.29) is 12.4 Å². The average Bonchev–Trinajstić information content (AvgIpc) is 2.16. The van der Waals surface area contributed by atoms with Gasteiger partial charge in [0.25, 0.3) is 0 Å². The van der Waals surface area contributed by atoms with Gasteiger partial charge in [-0.15, -0.1) is 0 Å². The van der Waals surface area contributed by atoms with Crippen LogP contribution < -0.4 is 5.32 Å². The van der Waals surface area contributed by atoms with Crippen LogP contribution in [0.4, 0.5) is 4.79 Å². The van der Waals surface area contributed by atoms with Crippen molar-refractivity contribution in [2.75, 3.05) is 20.3 Å². The summed E-state index contributed by atoms with van der Waals surface area (Å²) in [5, 5.41) is 2.38. The molecule has 0 saturated heterocycles. The molecule has 0 aliphatic carbocycles. The third-order valence-corrected chi connectivity index (χ3v) is 1.74. The first kappa shape index (κ1) is 11.0. The smallest absolute Gasteiger partial charge is 0.407 e. The van der Waals surface area contributed by atoms with Crippen LogP contribution >= 0.6 is 0 Å². The Kier molecular flexibility index (Phi) is 4.42. The van der Waals surface area contributed by atoms with Gasteiger partial charge in [0, 0.05) is 7.05 Å². The van der Waals surface area contributed by atoms with E-state index in [2.05, 4.69) is 5.32 Å². The number of nitrogens with one attached hydrogen (secondary N) is 1. The van der Waals surface area contributed by atoms with Crippen LogP contribution in [-0.2, 0) is 14.2 Å². The molecule has 1 heterocycles. The highest BCUT2D eigenvalue weighted by atomic mass is 16.7. The number of carbonyl (C=O) groups is 1. The minimum absolute atomic E-state index is 0.268. The summed E-state index contributed by atoms with van der Waals surface area (Å²) in [4.78, 5) is 10.9. The first-order valence-electron chi connectivity index (χ1n) is 4.50. The van der Waals surface area contributed by atoms with Gasteiger partial charge in [0.05, 0.1) is 13.2 Å². The third-order valence-electron chi connectivity index (χ3n) is 1.74. The molecule has 1 rings (SSSR count). The van der Waals surface area contributed by atoms with Crippen molar-refractivity contribution >= 4 is 6.09 Å². The molecule has 14 heavy (non-hydrogen) atoms. The quantitative estimate of drug-likeness (QED) is 0.633. The Morgan fingerprint density at radius 1 is 1.57 bits per heavy atom. The molecule has 0 saturated carbocycles. The summed E-state index contributed by atoms with van der Waals surface area (Å²) in [7, 11) is 1.52. The maximum atomic E-state index is 10.9. The molecule has 0 radical (unpaired) electrons. The molecule has 1 N–H and O–H groups in total. The molecule has 5 nitrogen and oxygen atoms in total. The maximum Gasteiger partial charge on any atom is 0.407 e. The van der Waals surface area contributed by atoms with Gasteiger partial charge in [0.1, 0.15) is 6.10 Å². The highest BCUT2D eigenvalue weighted by Crippen LogP contribution is 2.04. The zero-order chi connectivity index (χ0) is 10.4. The van der Waals surface area contributed by atoms with Crippen molar-refractivity contribution in [2.45, 2.75) is 19.3 Å². The van der Waals surface area contributed by atoms with Crippen molar-refractivity contribution in [3.05, 3.63) is 12.2 Å². The van der Waals surface area contributed by atoms with E-state index in [1.54, 1.807) is 13.0 Å². The Labute approximate surface area is 83.0 Å². The van der Waals surface area contributed by atoms with E-state index in [9.17, 15) is 4.79 Å². The predicted octanol–water partition coefficient (Wildman–Crippen LogP) is 0.660. The molecule has 2 atom stereocenters. The second kappa shape index (κ2) is 5.62. The average molecular weight is 201 g/mol. The Morgan fingerprint density at radius 3 is 3.07 bits per heavy atom. The lowest BCUT2D eigenvalue weighted by molar-refractivity contribution is -0.139. The van der Waals surface area contributed by atoms with Gasteiger partial charge in [-0.2, -0.15) is 0 Å². The van der Waals surface area contributed by atoms with Gasteiger partial charge < -0.3 is 19.5 Å². The van der Waals surface area contributed by atoms with Crippen molar-refractivity contribution in [3.8, 4) is 0 Å². The van der Waals surface area contributed by atoms with E-state index < -0.39 is 6.09 Å². The van der Waals surface area contributed by atoms with E-state index >= 15 is 0 Å². The zero-order valence-electron chi connectivity index (χ0n) is 8.36. The van der Waals surface area contributed by atoms with Crippen molar-refractivity contribution in [2.24, 2.45) is 0 Å². The number of hydrogen-bond donors (Lipinski definition) is 1. The van der Waals surface area contributed by atoms with Gasteiger partial charge in [-0.05, 0) is 13.0 Å². The van der Waals surface area contributed by atoms with Crippen LogP contribution in [0.2, 0.25) is 0 Å². The molecule has 0 spiro atoms. The van der Waals surface area contributed by atoms with Gasteiger partial charge >= 0.3 is 6.09 Å². The zero-order valence-corrected chi connectivity index (χ0v) is 8.36. The SMILES string of the molecule is CNC(=O)OC1/C=C/COC(C)OC1. The molecule has 80 valence electrons. The summed E-state index contributed by atoms with van der Waals surface area (Å²) in [5.74, 6) is 0. The fraction of sp³-hybridized carbons (Fsp3) is 0.667. The summed E-state index contributed by atoms with van der Waals surface area (Å²) in [6, 6.07) is 0. The van der Waals surface area contributed by atoms with Gasteiger partial charge in [-0.25, -0.2) is 4.79 Å². The first-order chi connectivity index (χ1) is 6.72. The standard InChI is InChI=1S/C9H15NO4/c1-7-12-5-3-4-8(6-13-7)14-9(11)10-2/h3-4,7-8H,5-6H2,1-2H3,(H,10,11)/b4-3+. The summed E-state index contributed by atoms with van der Waals surface area (Å²) in [5.41, 5.74) is 0. The van der Waals surface area contributed by atoms with Crippen LogP contribution in [0.5, 0.6) is 0 Å². The van der Waals surface area contributed by atoms with E-state index in [1.807, 2.05) is 6.08 Å². The Morgan fingerprint density at radius 2 is 2.36 bits per heavy atom. The molecule has 5 heteroatoms. The van der Waals surface area contributed by atoms with E-state index in [4.69, 9.17) is 14.2 Å². The van der Waals surface area contributed by atoms with Crippen molar-refractivity contribution in [1.29, 1.82) is 0 Å². The van der Waals surface area contributed by atoms with Gasteiger partial charge in [-0.3, -0.25) is 0 Å². The summed E-state index contributed by atoms with van der Waals surface area (Å²) >= 11 is 0. The highest BCUT2D eigenvalue weighted by Gasteiger charge is 2.14. The lowest BCUT2D eigenvalue weighted by atomic mass is 10.3. The molecule has 1 aliphatic rings. The molecule has 0 aromatic rings. The van der Waals surface area contributed by atoms with Crippen LogP contribution in [-0.4, -0.2) is 38.7 Å². The van der Waals surface area contributed by atoms with Crippen LogP contribution in [0, 0.1) is 0 Å². The molecule has 0 fully saturated rings. The van der Waals surface area contributed by atoms with Crippen molar-refractivity contribution in [1.82, 2.24) is 5.32 Å². The summed E-state index contributed by atoms with van der Waals surface area (Å²) in [6.07, 6.45) is 2.49. The van der Waals surface area contributed by atoms with Crippen LogP contribution in [0.1, 0.15) is 6.92 Å². The Balaban J connectivity index is 2.42. The largest absolute Gasteiger partial charge is 0.440 e. The van der Waals surface area contributed by atoms with E-state index in [0.717, 1.165) is 0 Å². The summed E-state index contributed by atoms with van der Waals surface area (Å²) < 4.78 is 15.5. The van der Waals surface area contributed by atoms with E-state index in [1.165, 1.54) is 7.05 Å². The summed E-state index contributed by atoms with van der Waals surface area (Å²) in [6.45, 7) is 2.58. The number of ether oxygens (including phenoxy) is 3. The lowest BCUT2D eigenvalue weighted by Crippen LogP contribution is -2.30. The monoisotopic (exact) mass is 201 g/mol. The maximum absolute atomic E-state index is 10.9. The number of hydrogen-bond acceptors (Lipinski definition) is 4. The number of rotatable bonds is 1. The first-order valence-corrected chi connectivity index (χ1v) is 4.50. The molecule has 1 amide bonds. The molecular formula is C9H15NO4. The molecular weight excluding hydrogens is 186 g/mol. The third kappa shape index (κ3) is 3.76. The van der Waals surface area contributed by atoms with Crippen LogP contribution in [0.15, 0.2) is 12.2 Å². The van der Waals surface area contributed by atoms with Crippen molar-refractivity contribution < 1.29 is 19.0 Å². The predicted molar refractivity (Wildman–Crippen MR) is 49.8 cm³/mol. The van der Waals surface area contributed by atoms with Crippen LogP contribution in [0.25, 0.3) is 0 Å². The molecule has 0 aromatic heterocycles. The highest BCUT2D eigenvalue weighted by molar-refractivity contribution is 5.67. The van der Waals surface area contributed by atoms with Gasteiger partial charge in [-0.1, -0.05) is 6.08 Å². The number of amides is 1. The van der Waals surface area contributed by atoms with Gasteiger partial charge in [0.2, 0.25) is 0 Å². The number of alkyl carbamates (subject to hydrolysis) is 1. The van der Waals surface area contributed by atoms with Crippen LogP contribution in [0.3, 0.4) is 0 Å². The lowest BCUT2D eigenvalue weighted by Gasteiger charge is -2.20. The normalized spacial score (nSPS) is 29.9.